The summed E-state index contributed by atoms with van der Waals surface area (Å²) in [6, 6.07) is 17.9. The van der Waals surface area contributed by atoms with Crippen LogP contribution in [-0.2, 0) is 0 Å². The molecule has 134 valence electrons. The number of nitrogens with zero attached hydrogens (tertiary/aromatic N) is 1. The van der Waals surface area contributed by atoms with Gasteiger partial charge in [-0.2, -0.15) is 0 Å². The van der Waals surface area contributed by atoms with E-state index in [0.717, 1.165) is 35.1 Å². The van der Waals surface area contributed by atoms with E-state index in [1.165, 1.54) is 10.5 Å². The van der Waals surface area contributed by atoms with Gasteiger partial charge in [0.2, 0.25) is 0 Å². The number of quaternary nitrogens is 1. The van der Waals surface area contributed by atoms with E-state index in [4.69, 9.17) is 4.98 Å². The highest BCUT2D eigenvalue weighted by molar-refractivity contribution is 6.07. The number of hydrogen-bond acceptors (Lipinski definition) is 2. The number of aromatic nitrogens is 1. The summed E-state index contributed by atoms with van der Waals surface area (Å²) in [4.78, 5) is 18.9. The van der Waals surface area contributed by atoms with Crippen LogP contribution in [0.3, 0.4) is 0 Å². The van der Waals surface area contributed by atoms with Gasteiger partial charge in [-0.1, -0.05) is 48.0 Å². The van der Waals surface area contributed by atoms with Gasteiger partial charge in [0.15, 0.2) is 0 Å². The SMILES string of the molecule is Cc1ccc(-c2cc(C(=O)NCCC[NH+](C)C)c3ccccc3n2)cc1. The zero-order chi connectivity index (χ0) is 18.5. The first-order valence-electron chi connectivity index (χ1n) is 9.08. The van der Waals surface area contributed by atoms with Crippen LogP contribution in [0, 0.1) is 6.92 Å². The van der Waals surface area contributed by atoms with E-state index < -0.39 is 0 Å². The predicted molar refractivity (Wildman–Crippen MR) is 107 cm³/mol. The molecule has 0 unspecified atom stereocenters. The third-order valence-electron chi connectivity index (χ3n) is 4.45. The number of fused-ring (bicyclic) bond motifs is 1. The van der Waals surface area contributed by atoms with Crippen molar-refractivity contribution in [2.24, 2.45) is 0 Å². The van der Waals surface area contributed by atoms with Gasteiger partial charge < -0.3 is 10.2 Å². The van der Waals surface area contributed by atoms with E-state index in [9.17, 15) is 4.79 Å². The Morgan fingerprint density at radius 2 is 1.81 bits per heavy atom. The Morgan fingerprint density at radius 1 is 1.08 bits per heavy atom. The van der Waals surface area contributed by atoms with Crippen LogP contribution in [0.4, 0.5) is 0 Å². The standard InChI is InChI=1S/C22H25N3O/c1-16-9-11-17(12-10-16)21-15-19(18-7-4-5-8-20(18)24-21)22(26)23-13-6-14-25(2)3/h4-5,7-12,15H,6,13-14H2,1-3H3,(H,23,26)/p+1. The van der Waals surface area contributed by atoms with E-state index >= 15 is 0 Å². The van der Waals surface area contributed by atoms with Crippen LogP contribution in [0.2, 0.25) is 0 Å². The molecule has 0 radical (unpaired) electrons. The molecule has 0 saturated heterocycles. The molecule has 1 aromatic heterocycles. The average molecular weight is 348 g/mol. The van der Waals surface area contributed by atoms with Crippen LogP contribution >= 0.6 is 0 Å². The molecule has 0 aliphatic heterocycles. The second-order valence-electron chi connectivity index (χ2n) is 7.00. The molecular weight excluding hydrogens is 322 g/mol. The number of hydrogen-bond donors (Lipinski definition) is 2. The van der Waals surface area contributed by atoms with Gasteiger partial charge in [-0.25, -0.2) is 4.98 Å². The number of aryl methyl sites for hydroxylation is 1. The number of benzene rings is 2. The predicted octanol–water partition coefficient (Wildman–Crippen LogP) is 2.47. The Labute approximate surface area is 154 Å². The van der Waals surface area contributed by atoms with Crippen LogP contribution in [0.15, 0.2) is 54.6 Å². The molecule has 1 heterocycles. The Bertz CT molecular complexity index is 901. The van der Waals surface area contributed by atoms with E-state index in [1.807, 2.05) is 42.5 Å². The summed E-state index contributed by atoms with van der Waals surface area (Å²) in [5.74, 6) is -0.0364. The highest BCUT2D eigenvalue weighted by Gasteiger charge is 2.13. The lowest BCUT2D eigenvalue weighted by Gasteiger charge is -2.11. The summed E-state index contributed by atoms with van der Waals surface area (Å²) in [6.45, 7) is 3.78. The molecule has 26 heavy (non-hydrogen) atoms. The molecule has 4 nitrogen and oxygen atoms in total. The topological polar surface area (TPSA) is 46.4 Å². The third-order valence-corrected chi connectivity index (χ3v) is 4.45. The largest absolute Gasteiger partial charge is 0.352 e. The van der Waals surface area contributed by atoms with Crippen molar-refractivity contribution < 1.29 is 9.69 Å². The normalized spacial score (nSPS) is 11.1. The number of pyridine rings is 1. The minimum atomic E-state index is -0.0364. The number of para-hydroxylation sites is 1. The summed E-state index contributed by atoms with van der Waals surface area (Å²) in [5.41, 5.74) is 4.57. The average Bonchev–Trinajstić information content (AvgIpc) is 2.64. The van der Waals surface area contributed by atoms with E-state index in [1.54, 1.807) is 0 Å². The van der Waals surface area contributed by atoms with Gasteiger partial charge in [0.05, 0.1) is 37.4 Å². The Hall–Kier alpha value is -2.72. The summed E-state index contributed by atoms with van der Waals surface area (Å²) in [5, 5.41) is 3.94. The first-order valence-corrected chi connectivity index (χ1v) is 9.08. The maximum Gasteiger partial charge on any atom is 0.252 e. The van der Waals surface area contributed by atoms with Crippen LogP contribution < -0.4 is 10.2 Å². The van der Waals surface area contributed by atoms with Crippen LogP contribution in [0.5, 0.6) is 0 Å². The minimum absolute atomic E-state index is 0.0364. The van der Waals surface area contributed by atoms with E-state index in [2.05, 4.69) is 38.5 Å². The van der Waals surface area contributed by atoms with Gasteiger partial charge in [-0.15, -0.1) is 0 Å². The van der Waals surface area contributed by atoms with Crippen molar-refractivity contribution in [1.29, 1.82) is 0 Å². The summed E-state index contributed by atoms with van der Waals surface area (Å²) in [6.07, 6.45) is 0.960. The molecule has 0 atom stereocenters. The molecule has 2 N–H and O–H groups in total. The zero-order valence-electron chi connectivity index (χ0n) is 15.7. The highest BCUT2D eigenvalue weighted by Crippen LogP contribution is 2.25. The smallest absolute Gasteiger partial charge is 0.252 e. The van der Waals surface area contributed by atoms with Crippen molar-refractivity contribution >= 4 is 16.8 Å². The monoisotopic (exact) mass is 348 g/mol. The molecule has 0 aliphatic rings. The zero-order valence-corrected chi connectivity index (χ0v) is 15.7. The minimum Gasteiger partial charge on any atom is -0.352 e. The Morgan fingerprint density at radius 3 is 2.54 bits per heavy atom. The lowest BCUT2D eigenvalue weighted by molar-refractivity contribution is -0.858. The Kier molecular flexibility index (Phi) is 5.64. The van der Waals surface area contributed by atoms with Crippen molar-refractivity contribution in [3.05, 3.63) is 65.7 Å². The van der Waals surface area contributed by atoms with Gasteiger partial charge in [0.1, 0.15) is 0 Å². The quantitative estimate of drug-likeness (QED) is 0.672. The van der Waals surface area contributed by atoms with Crippen LogP contribution in [-0.4, -0.2) is 38.1 Å². The molecular formula is C22H26N3O+. The summed E-state index contributed by atoms with van der Waals surface area (Å²) < 4.78 is 0. The third kappa shape index (κ3) is 4.27. The van der Waals surface area contributed by atoms with Crippen molar-refractivity contribution in [2.45, 2.75) is 13.3 Å². The van der Waals surface area contributed by atoms with Crippen molar-refractivity contribution in [3.8, 4) is 11.3 Å². The van der Waals surface area contributed by atoms with Gasteiger partial charge in [-0.05, 0) is 19.1 Å². The highest BCUT2D eigenvalue weighted by atomic mass is 16.1. The van der Waals surface area contributed by atoms with Gasteiger partial charge in [0.25, 0.3) is 5.91 Å². The fraction of sp³-hybridized carbons (Fsp3) is 0.273. The molecule has 0 aliphatic carbocycles. The maximum absolute atomic E-state index is 12.8. The fourth-order valence-corrected chi connectivity index (χ4v) is 2.97. The molecule has 2 aromatic carbocycles. The van der Waals surface area contributed by atoms with Crippen molar-refractivity contribution in [1.82, 2.24) is 10.3 Å². The number of carbonyl (C=O) groups is 1. The van der Waals surface area contributed by atoms with Crippen molar-refractivity contribution in [3.63, 3.8) is 0 Å². The number of nitrogens with one attached hydrogen (secondary N) is 2. The first-order chi connectivity index (χ1) is 12.5. The fourth-order valence-electron chi connectivity index (χ4n) is 2.97. The molecule has 0 spiro atoms. The first kappa shape index (κ1) is 18.1. The molecule has 0 saturated carbocycles. The number of amides is 1. The molecule has 4 heteroatoms. The lowest BCUT2D eigenvalue weighted by Crippen LogP contribution is -3.05. The second kappa shape index (κ2) is 8.11. The summed E-state index contributed by atoms with van der Waals surface area (Å²) >= 11 is 0. The molecule has 3 aromatic rings. The number of carbonyl (C=O) groups excluding carboxylic acids is 1. The molecule has 0 fully saturated rings. The van der Waals surface area contributed by atoms with Gasteiger partial charge >= 0.3 is 0 Å². The van der Waals surface area contributed by atoms with E-state index in [-0.39, 0.29) is 5.91 Å². The lowest BCUT2D eigenvalue weighted by atomic mass is 10.0. The van der Waals surface area contributed by atoms with Gasteiger partial charge in [0, 0.05) is 23.9 Å². The maximum atomic E-state index is 12.8. The molecule has 1 amide bonds. The molecule has 0 bridgehead atoms. The van der Waals surface area contributed by atoms with Crippen LogP contribution in [0.1, 0.15) is 22.3 Å². The molecule has 3 rings (SSSR count). The second-order valence-corrected chi connectivity index (χ2v) is 7.00. The summed E-state index contributed by atoms with van der Waals surface area (Å²) in [7, 11) is 4.23. The van der Waals surface area contributed by atoms with Gasteiger partial charge in [-0.3, -0.25) is 4.79 Å². The van der Waals surface area contributed by atoms with Crippen LogP contribution in [0.25, 0.3) is 22.2 Å². The number of rotatable bonds is 6. The van der Waals surface area contributed by atoms with Crippen molar-refractivity contribution in [2.75, 3.05) is 27.2 Å². The Balaban J connectivity index is 1.92. The van der Waals surface area contributed by atoms with E-state index in [0.29, 0.717) is 12.1 Å².